The van der Waals surface area contributed by atoms with E-state index in [4.69, 9.17) is 0 Å². The number of carboxylic acid groups (broad SMARTS) is 1. The molecule has 2 aliphatic heterocycles. The molecule has 0 spiro atoms. The molecule has 244 valence electrons. The van der Waals surface area contributed by atoms with Crippen LogP contribution in [0.25, 0.3) is 5.65 Å². The Morgan fingerprint density at radius 1 is 1.13 bits per heavy atom. The van der Waals surface area contributed by atoms with E-state index in [2.05, 4.69) is 20.1 Å². The molecule has 14 heteroatoms. The molecule has 1 saturated heterocycles. The molecule has 0 amide bonds. The summed E-state index contributed by atoms with van der Waals surface area (Å²) in [5.41, 5.74) is 3.91. The Morgan fingerprint density at radius 2 is 1.91 bits per heavy atom. The van der Waals surface area contributed by atoms with E-state index < -0.39 is 33.9 Å². The molecule has 0 radical (unpaired) electrons. The van der Waals surface area contributed by atoms with Gasteiger partial charge in [-0.15, -0.1) is 10.2 Å². The summed E-state index contributed by atoms with van der Waals surface area (Å²) in [5.74, 6) is -2.49. The van der Waals surface area contributed by atoms with Gasteiger partial charge in [0.25, 0.3) is 0 Å². The van der Waals surface area contributed by atoms with Crippen molar-refractivity contribution in [3.05, 3.63) is 81.9 Å². The van der Waals surface area contributed by atoms with E-state index in [-0.39, 0.29) is 36.1 Å². The van der Waals surface area contributed by atoms with Crippen LogP contribution in [0.15, 0.2) is 47.6 Å². The molecule has 46 heavy (non-hydrogen) atoms. The van der Waals surface area contributed by atoms with Crippen molar-refractivity contribution < 1.29 is 31.5 Å². The van der Waals surface area contributed by atoms with Crippen LogP contribution in [0, 0.1) is 13.8 Å². The lowest BCUT2D eigenvalue weighted by Gasteiger charge is -2.36. The summed E-state index contributed by atoms with van der Waals surface area (Å²) in [6.07, 6.45) is 0.945. The summed E-state index contributed by atoms with van der Waals surface area (Å²) < 4.78 is 71.5. The largest absolute Gasteiger partial charge is 0.481 e. The van der Waals surface area contributed by atoms with E-state index >= 15 is 0 Å². The number of carboxylic acids is 1. The summed E-state index contributed by atoms with van der Waals surface area (Å²) in [7, 11) is -3.94. The second-order valence-corrected chi connectivity index (χ2v) is 14.0. The number of rotatable bonds is 7. The third kappa shape index (κ3) is 5.72. The van der Waals surface area contributed by atoms with E-state index in [9.17, 15) is 31.5 Å². The highest BCUT2D eigenvalue weighted by atomic mass is 32.2. The van der Waals surface area contributed by atoms with Crippen LogP contribution in [0.2, 0.25) is 0 Å². The number of aliphatic carboxylic acids is 1. The Morgan fingerprint density at radius 3 is 2.63 bits per heavy atom. The van der Waals surface area contributed by atoms with E-state index in [1.165, 1.54) is 16.6 Å². The van der Waals surface area contributed by atoms with Gasteiger partial charge < -0.3 is 10.0 Å². The van der Waals surface area contributed by atoms with Crippen LogP contribution < -0.4 is 4.90 Å². The number of fused-ring (bicyclic) bond motifs is 4. The van der Waals surface area contributed by atoms with Crippen molar-refractivity contribution in [1.82, 2.24) is 23.9 Å². The van der Waals surface area contributed by atoms with Gasteiger partial charge in [0.05, 0.1) is 6.42 Å². The Kier molecular flexibility index (Phi) is 8.30. The molecule has 2 aliphatic rings. The quantitative estimate of drug-likeness (QED) is 0.277. The number of pyridine rings is 2. The van der Waals surface area contributed by atoms with Crippen LogP contribution in [0.1, 0.15) is 77.7 Å². The van der Waals surface area contributed by atoms with Crippen molar-refractivity contribution in [3.8, 4) is 0 Å². The predicted molar refractivity (Wildman–Crippen MR) is 164 cm³/mol. The third-order valence-electron chi connectivity index (χ3n) is 9.10. The van der Waals surface area contributed by atoms with Crippen molar-refractivity contribution in [2.75, 3.05) is 18.0 Å². The minimum atomic E-state index is -4.71. The molecular weight excluding hydrogens is 621 g/mol. The van der Waals surface area contributed by atoms with E-state index in [0.29, 0.717) is 34.5 Å². The maximum Gasteiger partial charge on any atom is 0.452 e. The number of alkyl halides is 3. The van der Waals surface area contributed by atoms with Crippen LogP contribution in [0.5, 0.6) is 0 Å². The number of sulfonamides is 1. The Labute approximate surface area is 264 Å². The third-order valence-corrected chi connectivity index (χ3v) is 10.9. The number of carbonyl (C=O) groups is 1. The highest BCUT2D eigenvalue weighted by Crippen LogP contribution is 2.38. The Hall–Kier alpha value is -4.04. The molecule has 0 unspecified atom stereocenters. The first kappa shape index (κ1) is 31.9. The van der Waals surface area contributed by atoms with Crippen molar-refractivity contribution >= 4 is 27.5 Å². The number of anilines is 1. The summed E-state index contributed by atoms with van der Waals surface area (Å²) in [6, 6.07) is 8.59. The standard InChI is InChI=1S/C32H35F3N6O4S/c1-4-24-25(10-12-41-29(24)37-38-31(41)32(33,34)35)26(15-28(42)43)21-9-8-20(3)22(14-21)17-39-18-23-7-5-6-11-40(23)30-27(46(39,44)45)13-19(2)16-36-30/h8-10,12-14,16,23,26H,4-7,11,15,17-18H2,1-3H3,(H,42,43)/t23-,26-/m0/s1. The highest BCUT2D eigenvalue weighted by Gasteiger charge is 2.40. The zero-order chi connectivity index (χ0) is 33.0. The predicted octanol–water partition coefficient (Wildman–Crippen LogP) is 5.49. The molecule has 0 bridgehead atoms. The lowest BCUT2D eigenvalue weighted by molar-refractivity contribution is -0.145. The van der Waals surface area contributed by atoms with Gasteiger partial charge in [0.2, 0.25) is 15.8 Å². The van der Waals surface area contributed by atoms with Gasteiger partial charge in [-0.05, 0) is 79.5 Å². The minimum Gasteiger partial charge on any atom is -0.481 e. The van der Waals surface area contributed by atoms with Crippen LogP contribution in [0.3, 0.4) is 0 Å². The topological polar surface area (TPSA) is 121 Å². The van der Waals surface area contributed by atoms with Crippen molar-refractivity contribution in [2.24, 2.45) is 0 Å². The molecule has 0 aliphatic carbocycles. The molecule has 4 aromatic rings. The monoisotopic (exact) mass is 656 g/mol. The first-order chi connectivity index (χ1) is 21.8. The van der Waals surface area contributed by atoms with Crippen LogP contribution in [-0.4, -0.2) is 62.5 Å². The summed E-state index contributed by atoms with van der Waals surface area (Å²) >= 11 is 0. The number of aryl methyl sites for hydroxylation is 3. The normalized spacial score (nSPS) is 19.0. The molecular formula is C32H35F3N6O4S. The maximum absolute atomic E-state index is 14.2. The van der Waals surface area contributed by atoms with Gasteiger partial charge in [-0.2, -0.15) is 17.5 Å². The van der Waals surface area contributed by atoms with Crippen molar-refractivity contribution in [3.63, 3.8) is 0 Å². The minimum absolute atomic E-state index is 0.0188. The molecule has 10 nitrogen and oxygen atoms in total. The van der Waals surface area contributed by atoms with Gasteiger partial charge in [-0.1, -0.05) is 25.1 Å². The molecule has 0 saturated carbocycles. The molecule has 3 aromatic heterocycles. The number of hydrogen-bond donors (Lipinski definition) is 1. The first-order valence-electron chi connectivity index (χ1n) is 15.3. The van der Waals surface area contributed by atoms with Gasteiger partial charge in [-0.25, -0.2) is 13.4 Å². The average molecular weight is 657 g/mol. The van der Waals surface area contributed by atoms with Crippen LogP contribution in [0.4, 0.5) is 19.0 Å². The fourth-order valence-corrected chi connectivity index (χ4v) is 8.48. The fourth-order valence-electron chi connectivity index (χ4n) is 6.79. The number of halogens is 3. The second kappa shape index (κ2) is 12.0. The van der Waals surface area contributed by atoms with E-state index in [0.717, 1.165) is 41.3 Å². The van der Waals surface area contributed by atoms with Gasteiger partial charge >= 0.3 is 12.1 Å². The molecule has 1 aromatic carbocycles. The number of nitrogens with zero attached hydrogens (tertiary/aromatic N) is 6. The maximum atomic E-state index is 14.2. The molecule has 2 atom stereocenters. The second-order valence-electron chi connectivity index (χ2n) is 12.1. The zero-order valence-corrected chi connectivity index (χ0v) is 26.6. The van der Waals surface area contributed by atoms with Gasteiger partial charge in [-0.3, -0.25) is 9.20 Å². The number of benzene rings is 1. The molecule has 1 N–H and O–H groups in total. The van der Waals surface area contributed by atoms with E-state index in [1.807, 2.05) is 26.0 Å². The zero-order valence-electron chi connectivity index (χ0n) is 25.8. The van der Waals surface area contributed by atoms with E-state index in [1.54, 1.807) is 25.3 Å². The van der Waals surface area contributed by atoms with Gasteiger partial charge in [0.1, 0.15) is 10.7 Å². The summed E-state index contributed by atoms with van der Waals surface area (Å²) in [6.45, 7) is 6.53. The van der Waals surface area contributed by atoms with Crippen LogP contribution >= 0.6 is 0 Å². The highest BCUT2D eigenvalue weighted by molar-refractivity contribution is 7.89. The Balaban J connectivity index is 1.42. The lowest BCUT2D eigenvalue weighted by atomic mass is 9.84. The number of aromatic nitrogens is 4. The SMILES string of the molecule is CCc1c([C@@H](CC(=O)O)c2ccc(C)c(CN3C[C@@H]4CCCCN4c4ncc(C)cc4S3(=O)=O)c2)ccn2c(C(F)(F)F)nnc12. The smallest absolute Gasteiger partial charge is 0.452 e. The number of piperidine rings is 1. The van der Waals surface area contributed by atoms with Crippen LogP contribution in [-0.2, 0) is 34.0 Å². The van der Waals surface area contributed by atoms with Crippen molar-refractivity contribution in [2.45, 2.75) is 82.5 Å². The molecule has 6 rings (SSSR count). The van der Waals surface area contributed by atoms with Gasteiger partial charge in [0, 0.05) is 49.6 Å². The van der Waals surface area contributed by atoms with Gasteiger partial charge in [0.15, 0.2) is 5.65 Å². The average Bonchev–Trinajstić information content (AvgIpc) is 3.42. The number of hydrogen-bond acceptors (Lipinski definition) is 7. The molecule has 1 fully saturated rings. The van der Waals surface area contributed by atoms with Crippen molar-refractivity contribution in [1.29, 1.82) is 0 Å². The first-order valence-corrected chi connectivity index (χ1v) is 16.7. The fraction of sp³-hybridized carbons (Fsp3) is 0.438. The molecule has 5 heterocycles. The summed E-state index contributed by atoms with van der Waals surface area (Å²) in [4.78, 5) is 19.0. The Bertz CT molecular complexity index is 1930. The summed E-state index contributed by atoms with van der Waals surface area (Å²) in [5, 5.41) is 17.1. The lowest BCUT2D eigenvalue weighted by Crippen LogP contribution is -2.45.